The molecule has 1 amide bonds. The summed E-state index contributed by atoms with van der Waals surface area (Å²) in [7, 11) is -3.77. The predicted molar refractivity (Wildman–Crippen MR) is 131 cm³/mol. The third-order valence-electron chi connectivity index (χ3n) is 6.77. The summed E-state index contributed by atoms with van der Waals surface area (Å²) in [6.07, 6.45) is 3.97. The third kappa shape index (κ3) is 4.94. The molecule has 0 bridgehead atoms. The van der Waals surface area contributed by atoms with Crippen molar-refractivity contribution in [1.82, 2.24) is 14.1 Å². The number of hydrogen-bond donors (Lipinski definition) is 1. The Bertz CT molecular complexity index is 1310. The molecule has 35 heavy (non-hydrogen) atoms. The molecule has 1 unspecified atom stereocenters. The molecule has 5 rings (SSSR count). The van der Waals surface area contributed by atoms with Crippen LogP contribution in [0.4, 0.5) is 15.9 Å². The number of carbonyl (C=O) groups excluding carboxylic acids is 1. The first-order valence-electron chi connectivity index (χ1n) is 11.8. The Kier molecular flexibility index (Phi) is 6.33. The average molecular weight is 498 g/mol. The lowest BCUT2D eigenvalue weighted by Crippen LogP contribution is -2.48. The second-order valence-corrected chi connectivity index (χ2v) is 11.0. The summed E-state index contributed by atoms with van der Waals surface area (Å²) >= 11 is 0. The molecule has 1 aliphatic carbocycles. The summed E-state index contributed by atoms with van der Waals surface area (Å²) in [4.78, 5) is 15.1. The number of anilines is 2. The van der Waals surface area contributed by atoms with Crippen molar-refractivity contribution in [3.05, 3.63) is 72.2 Å². The van der Waals surface area contributed by atoms with E-state index < -0.39 is 10.0 Å². The molecule has 2 heterocycles. The standard InChI is InChI=1S/C25H28FN5O3S/c1-18(19-5-6-19)31-24(11-12-27-31)28-25(32)20-3-2-4-23(17-20)35(33,34)30-15-13-29(14-16-30)22-9-7-21(26)8-10-22/h2-4,7-12,17-19H,5-6,13-16H2,1H3,(H,28,32). The van der Waals surface area contributed by atoms with Crippen LogP contribution in [0.15, 0.2) is 65.7 Å². The van der Waals surface area contributed by atoms with Crippen molar-refractivity contribution in [2.75, 3.05) is 36.4 Å². The van der Waals surface area contributed by atoms with Crippen LogP contribution in [-0.2, 0) is 10.0 Å². The number of amides is 1. The number of halogens is 1. The molecule has 3 aromatic rings. The first-order valence-corrected chi connectivity index (χ1v) is 13.2. The monoisotopic (exact) mass is 497 g/mol. The van der Waals surface area contributed by atoms with E-state index in [0.717, 1.165) is 18.5 Å². The lowest BCUT2D eigenvalue weighted by molar-refractivity contribution is 0.102. The Morgan fingerprint density at radius 1 is 1.06 bits per heavy atom. The minimum Gasteiger partial charge on any atom is -0.369 e. The molecule has 2 aliphatic rings. The summed E-state index contributed by atoms with van der Waals surface area (Å²) in [5.41, 5.74) is 1.13. The number of carbonyl (C=O) groups is 1. The molecule has 184 valence electrons. The molecule has 2 fully saturated rings. The van der Waals surface area contributed by atoms with Crippen LogP contribution in [0.3, 0.4) is 0 Å². The average Bonchev–Trinajstić information content (AvgIpc) is 3.63. The number of nitrogens with one attached hydrogen (secondary N) is 1. The van der Waals surface area contributed by atoms with Gasteiger partial charge in [0.2, 0.25) is 10.0 Å². The van der Waals surface area contributed by atoms with E-state index in [2.05, 4.69) is 17.3 Å². The molecule has 8 nitrogen and oxygen atoms in total. The van der Waals surface area contributed by atoms with E-state index in [4.69, 9.17) is 0 Å². The van der Waals surface area contributed by atoms with E-state index in [1.54, 1.807) is 36.5 Å². The Hall–Kier alpha value is -3.24. The Labute approximate surface area is 204 Å². The molecular weight excluding hydrogens is 469 g/mol. The van der Waals surface area contributed by atoms with E-state index >= 15 is 0 Å². The topological polar surface area (TPSA) is 87.5 Å². The van der Waals surface area contributed by atoms with Crippen molar-refractivity contribution in [3.63, 3.8) is 0 Å². The fraction of sp³-hybridized carbons (Fsp3) is 0.360. The predicted octanol–water partition coefficient (Wildman–Crippen LogP) is 3.76. The first kappa shape index (κ1) is 23.5. The Balaban J connectivity index is 1.27. The van der Waals surface area contributed by atoms with Crippen LogP contribution in [0.5, 0.6) is 0 Å². The molecule has 1 saturated carbocycles. The smallest absolute Gasteiger partial charge is 0.256 e. The summed E-state index contributed by atoms with van der Waals surface area (Å²) in [6.45, 7) is 3.68. The second kappa shape index (κ2) is 9.43. The number of nitrogens with zero attached hydrogens (tertiary/aromatic N) is 4. The number of hydrogen-bond acceptors (Lipinski definition) is 5. The van der Waals surface area contributed by atoms with Crippen molar-refractivity contribution >= 4 is 27.4 Å². The van der Waals surface area contributed by atoms with E-state index in [1.807, 2.05) is 9.58 Å². The van der Waals surface area contributed by atoms with Gasteiger partial charge in [-0.2, -0.15) is 9.40 Å². The highest BCUT2D eigenvalue weighted by molar-refractivity contribution is 7.89. The zero-order valence-electron chi connectivity index (χ0n) is 19.5. The molecule has 2 aromatic carbocycles. The zero-order valence-corrected chi connectivity index (χ0v) is 20.3. The molecule has 0 radical (unpaired) electrons. The van der Waals surface area contributed by atoms with Gasteiger partial charge in [-0.05, 0) is 68.1 Å². The molecule has 0 spiro atoms. The molecule has 1 atom stereocenters. The van der Waals surface area contributed by atoms with E-state index in [0.29, 0.717) is 37.9 Å². The summed E-state index contributed by atoms with van der Waals surface area (Å²) in [6, 6.07) is 14.2. The van der Waals surface area contributed by atoms with E-state index in [1.165, 1.54) is 28.6 Å². The van der Waals surface area contributed by atoms with Crippen molar-refractivity contribution in [2.45, 2.75) is 30.7 Å². The Morgan fingerprint density at radius 3 is 2.46 bits per heavy atom. The van der Waals surface area contributed by atoms with Gasteiger partial charge in [0.05, 0.1) is 17.1 Å². The maximum absolute atomic E-state index is 13.3. The van der Waals surface area contributed by atoms with Gasteiger partial charge >= 0.3 is 0 Å². The van der Waals surface area contributed by atoms with Crippen LogP contribution >= 0.6 is 0 Å². The van der Waals surface area contributed by atoms with Gasteiger partial charge < -0.3 is 10.2 Å². The largest absolute Gasteiger partial charge is 0.369 e. The van der Waals surface area contributed by atoms with Gasteiger partial charge in [-0.15, -0.1) is 0 Å². The summed E-state index contributed by atoms with van der Waals surface area (Å²) < 4.78 is 43.1. The van der Waals surface area contributed by atoms with Gasteiger partial charge in [0.1, 0.15) is 11.6 Å². The quantitative estimate of drug-likeness (QED) is 0.537. The van der Waals surface area contributed by atoms with Crippen molar-refractivity contribution in [2.24, 2.45) is 5.92 Å². The van der Waals surface area contributed by atoms with Gasteiger partial charge in [-0.1, -0.05) is 6.07 Å². The number of benzene rings is 2. The van der Waals surface area contributed by atoms with Crippen LogP contribution in [0.2, 0.25) is 0 Å². The lowest BCUT2D eigenvalue weighted by atomic mass is 10.2. The van der Waals surface area contributed by atoms with Gasteiger partial charge in [0.15, 0.2) is 0 Å². The zero-order chi connectivity index (χ0) is 24.6. The summed E-state index contributed by atoms with van der Waals surface area (Å²) in [5, 5.41) is 7.23. The van der Waals surface area contributed by atoms with Crippen LogP contribution in [0.1, 0.15) is 36.2 Å². The highest BCUT2D eigenvalue weighted by atomic mass is 32.2. The van der Waals surface area contributed by atoms with Gasteiger partial charge in [-0.25, -0.2) is 17.5 Å². The van der Waals surface area contributed by atoms with Gasteiger partial charge in [0, 0.05) is 43.5 Å². The van der Waals surface area contributed by atoms with Crippen LogP contribution in [0, 0.1) is 11.7 Å². The fourth-order valence-corrected chi connectivity index (χ4v) is 5.96. The maximum atomic E-state index is 13.3. The number of sulfonamides is 1. The van der Waals surface area contributed by atoms with E-state index in [-0.39, 0.29) is 28.2 Å². The molecule has 1 aliphatic heterocycles. The van der Waals surface area contributed by atoms with Crippen molar-refractivity contribution in [3.8, 4) is 0 Å². The van der Waals surface area contributed by atoms with Crippen molar-refractivity contribution < 1.29 is 17.6 Å². The van der Waals surface area contributed by atoms with Gasteiger partial charge in [0.25, 0.3) is 5.91 Å². The Morgan fingerprint density at radius 2 is 1.77 bits per heavy atom. The molecule has 10 heteroatoms. The van der Waals surface area contributed by atoms with E-state index in [9.17, 15) is 17.6 Å². The lowest BCUT2D eigenvalue weighted by Gasteiger charge is -2.35. The van der Waals surface area contributed by atoms with Crippen molar-refractivity contribution in [1.29, 1.82) is 0 Å². The number of rotatable bonds is 7. The number of piperazine rings is 1. The highest BCUT2D eigenvalue weighted by Crippen LogP contribution is 2.40. The SMILES string of the molecule is CC(C1CC1)n1nccc1NC(=O)c1cccc(S(=O)(=O)N2CCN(c3ccc(F)cc3)CC2)c1. The van der Waals surface area contributed by atoms with Gasteiger partial charge in [-0.3, -0.25) is 4.79 Å². The fourth-order valence-electron chi connectivity index (χ4n) is 4.49. The van der Waals surface area contributed by atoms with Crippen LogP contribution < -0.4 is 10.2 Å². The van der Waals surface area contributed by atoms with Crippen LogP contribution in [-0.4, -0.2) is 54.6 Å². The minimum absolute atomic E-state index is 0.0836. The first-order chi connectivity index (χ1) is 16.8. The number of aromatic nitrogens is 2. The third-order valence-corrected chi connectivity index (χ3v) is 8.66. The molecular formula is C25H28FN5O3S. The molecule has 1 saturated heterocycles. The summed E-state index contributed by atoms with van der Waals surface area (Å²) in [5.74, 6) is 0.482. The highest BCUT2D eigenvalue weighted by Gasteiger charge is 2.31. The second-order valence-electron chi connectivity index (χ2n) is 9.09. The van der Waals surface area contributed by atoms with Crippen LogP contribution in [0.25, 0.3) is 0 Å². The molecule has 1 N–H and O–H groups in total. The molecule has 1 aromatic heterocycles. The normalized spacial score (nSPS) is 17.8. The maximum Gasteiger partial charge on any atom is 0.256 e. The minimum atomic E-state index is -3.77.